The van der Waals surface area contributed by atoms with Gasteiger partial charge in [-0.15, -0.1) is 0 Å². The van der Waals surface area contributed by atoms with Crippen LogP contribution < -0.4 is 10.9 Å². The van der Waals surface area contributed by atoms with Crippen molar-refractivity contribution in [3.63, 3.8) is 0 Å². The first-order valence-corrected chi connectivity index (χ1v) is 8.89. The zero-order valence-corrected chi connectivity index (χ0v) is 15.6. The molecule has 28 heavy (non-hydrogen) atoms. The van der Waals surface area contributed by atoms with E-state index in [-0.39, 0.29) is 18.3 Å². The highest BCUT2D eigenvalue weighted by Crippen LogP contribution is 2.30. The van der Waals surface area contributed by atoms with E-state index in [4.69, 9.17) is 0 Å². The Bertz CT molecular complexity index is 971. The van der Waals surface area contributed by atoms with Crippen molar-refractivity contribution in [3.8, 4) is 5.75 Å². The molecule has 1 aromatic carbocycles. The molecule has 1 saturated heterocycles. The van der Waals surface area contributed by atoms with Crippen molar-refractivity contribution in [1.82, 2.24) is 19.8 Å². The number of benzene rings is 1. The van der Waals surface area contributed by atoms with E-state index >= 15 is 0 Å². The van der Waals surface area contributed by atoms with Crippen LogP contribution >= 0.6 is 0 Å². The SMILES string of the molecule is CC(=O)N1CCCC1c1nc(C(=O)NCc2ccc(F)cc2)c(O)c(=O)n1C. The summed E-state index contributed by atoms with van der Waals surface area (Å²) in [6.07, 6.45) is 1.37. The number of hydrogen-bond acceptors (Lipinski definition) is 5. The fourth-order valence-electron chi connectivity index (χ4n) is 3.34. The fourth-order valence-corrected chi connectivity index (χ4v) is 3.34. The van der Waals surface area contributed by atoms with Gasteiger partial charge >= 0.3 is 0 Å². The largest absolute Gasteiger partial charge is 0.501 e. The van der Waals surface area contributed by atoms with Crippen LogP contribution in [0.2, 0.25) is 0 Å². The van der Waals surface area contributed by atoms with Crippen LogP contribution in [0, 0.1) is 5.82 Å². The quantitative estimate of drug-likeness (QED) is 0.820. The van der Waals surface area contributed by atoms with Gasteiger partial charge in [0.05, 0.1) is 6.04 Å². The summed E-state index contributed by atoms with van der Waals surface area (Å²) in [7, 11) is 1.45. The Hall–Kier alpha value is -3.23. The summed E-state index contributed by atoms with van der Waals surface area (Å²) in [6.45, 7) is 2.06. The maximum Gasteiger partial charge on any atom is 0.296 e. The van der Waals surface area contributed by atoms with Crippen molar-refractivity contribution in [2.75, 3.05) is 6.54 Å². The number of carbonyl (C=O) groups excluding carboxylic acids is 2. The average Bonchev–Trinajstić information content (AvgIpc) is 3.15. The number of carbonyl (C=O) groups is 2. The number of rotatable bonds is 4. The number of halogens is 1. The smallest absolute Gasteiger partial charge is 0.296 e. The number of likely N-dealkylation sites (tertiary alicyclic amines) is 1. The third-order valence-corrected chi connectivity index (χ3v) is 4.84. The van der Waals surface area contributed by atoms with Gasteiger partial charge in [-0.3, -0.25) is 19.0 Å². The number of aromatic nitrogens is 2. The lowest BCUT2D eigenvalue weighted by Crippen LogP contribution is -2.35. The van der Waals surface area contributed by atoms with E-state index in [1.165, 1.54) is 38.2 Å². The molecule has 0 radical (unpaired) electrons. The second-order valence-corrected chi connectivity index (χ2v) is 6.71. The number of nitrogens with one attached hydrogen (secondary N) is 1. The maximum absolute atomic E-state index is 13.0. The van der Waals surface area contributed by atoms with Crippen LogP contribution in [0.3, 0.4) is 0 Å². The van der Waals surface area contributed by atoms with Crippen molar-refractivity contribution < 1.29 is 19.1 Å². The summed E-state index contributed by atoms with van der Waals surface area (Å²) in [5.74, 6) is -1.77. The Labute approximate surface area is 160 Å². The molecule has 148 valence electrons. The molecule has 8 nitrogen and oxygen atoms in total. The van der Waals surface area contributed by atoms with E-state index in [9.17, 15) is 23.9 Å². The Morgan fingerprint density at radius 3 is 2.64 bits per heavy atom. The molecule has 2 amide bonds. The second kappa shape index (κ2) is 7.79. The summed E-state index contributed by atoms with van der Waals surface area (Å²) in [5, 5.41) is 12.7. The fraction of sp³-hybridized carbons (Fsp3) is 0.368. The van der Waals surface area contributed by atoms with Crippen molar-refractivity contribution in [3.05, 3.63) is 57.5 Å². The summed E-state index contributed by atoms with van der Waals surface area (Å²) < 4.78 is 14.1. The van der Waals surface area contributed by atoms with Crippen LogP contribution in [-0.2, 0) is 18.4 Å². The van der Waals surface area contributed by atoms with E-state index in [2.05, 4.69) is 10.3 Å². The lowest BCUT2D eigenvalue weighted by atomic mass is 10.2. The molecule has 2 heterocycles. The average molecular weight is 388 g/mol. The van der Waals surface area contributed by atoms with E-state index in [0.29, 0.717) is 18.5 Å². The van der Waals surface area contributed by atoms with Gasteiger partial charge in [-0.25, -0.2) is 9.37 Å². The predicted molar refractivity (Wildman–Crippen MR) is 98.1 cm³/mol. The van der Waals surface area contributed by atoms with Crippen molar-refractivity contribution in [2.45, 2.75) is 32.4 Å². The van der Waals surface area contributed by atoms with Gasteiger partial charge in [-0.2, -0.15) is 0 Å². The third-order valence-electron chi connectivity index (χ3n) is 4.84. The topological polar surface area (TPSA) is 105 Å². The molecule has 9 heteroatoms. The van der Waals surface area contributed by atoms with Crippen LogP contribution in [0.5, 0.6) is 5.75 Å². The lowest BCUT2D eigenvalue weighted by molar-refractivity contribution is -0.129. The molecule has 1 aliphatic rings. The monoisotopic (exact) mass is 388 g/mol. The molecule has 1 atom stereocenters. The minimum absolute atomic E-state index is 0.0772. The molecule has 0 bridgehead atoms. The minimum atomic E-state index is -0.757. The Balaban J connectivity index is 1.89. The number of nitrogens with zero attached hydrogens (tertiary/aromatic N) is 3. The van der Waals surface area contributed by atoms with Gasteiger partial charge in [-0.1, -0.05) is 12.1 Å². The molecule has 1 aromatic heterocycles. The molecule has 1 aliphatic heterocycles. The summed E-state index contributed by atoms with van der Waals surface area (Å²) in [6, 6.07) is 5.14. The molecular formula is C19H21FN4O4. The van der Waals surface area contributed by atoms with Gasteiger partial charge in [0.1, 0.15) is 11.6 Å². The molecule has 1 unspecified atom stereocenters. The Morgan fingerprint density at radius 2 is 2.00 bits per heavy atom. The number of aromatic hydroxyl groups is 1. The first kappa shape index (κ1) is 19.5. The molecule has 0 aliphatic carbocycles. The van der Waals surface area contributed by atoms with Crippen LogP contribution in [0.4, 0.5) is 4.39 Å². The molecule has 1 fully saturated rings. The number of amides is 2. The normalized spacial score (nSPS) is 16.2. The van der Waals surface area contributed by atoms with Gasteiger partial charge < -0.3 is 15.3 Å². The zero-order valence-electron chi connectivity index (χ0n) is 15.6. The van der Waals surface area contributed by atoms with Gasteiger partial charge in [0.15, 0.2) is 5.69 Å². The Kier molecular flexibility index (Phi) is 5.43. The summed E-state index contributed by atoms with van der Waals surface area (Å²) >= 11 is 0. The van der Waals surface area contributed by atoms with E-state index in [1.54, 1.807) is 4.90 Å². The molecule has 2 N–H and O–H groups in total. The highest BCUT2D eigenvalue weighted by molar-refractivity contribution is 5.94. The molecule has 0 spiro atoms. The lowest BCUT2D eigenvalue weighted by Gasteiger charge is -2.24. The third kappa shape index (κ3) is 3.73. The summed E-state index contributed by atoms with van der Waals surface area (Å²) in [5.41, 5.74) is -0.500. The minimum Gasteiger partial charge on any atom is -0.501 e. The standard InChI is InChI=1S/C19H21FN4O4/c1-11(25)24-9-3-4-14(24)17-22-15(16(26)19(28)23(17)2)18(27)21-10-12-5-7-13(20)8-6-12/h5-8,14,26H,3-4,9-10H2,1-2H3,(H,21,27). The highest BCUT2D eigenvalue weighted by atomic mass is 19.1. The molecule has 2 aromatic rings. The molecule has 0 saturated carbocycles. The van der Waals surface area contributed by atoms with Gasteiger partial charge in [0.2, 0.25) is 11.7 Å². The first-order valence-electron chi connectivity index (χ1n) is 8.89. The van der Waals surface area contributed by atoms with Gasteiger partial charge in [0.25, 0.3) is 11.5 Å². The highest BCUT2D eigenvalue weighted by Gasteiger charge is 2.33. The van der Waals surface area contributed by atoms with E-state index < -0.39 is 34.8 Å². The van der Waals surface area contributed by atoms with Crippen molar-refractivity contribution >= 4 is 11.8 Å². The maximum atomic E-state index is 13.0. The molecule has 3 rings (SSSR count). The zero-order chi connectivity index (χ0) is 20.4. The summed E-state index contributed by atoms with van der Waals surface area (Å²) in [4.78, 5) is 42.6. The van der Waals surface area contributed by atoms with Crippen LogP contribution in [0.1, 0.15) is 47.7 Å². The Morgan fingerprint density at radius 1 is 1.32 bits per heavy atom. The van der Waals surface area contributed by atoms with Crippen LogP contribution in [0.15, 0.2) is 29.1 Å². The van der Waals surface area contributed by atoms with Crippen LogP contribution in [-0.4, -0.2) is 37.9 Å². The van der Waals surface area contributed by atoms with Gasteiger partial charge in [0, 0.05) is 27.1 Å². The van der Waals surface area contributed by atoms with Crippen molar-refractivity contribution in [2.24, 2.45) is 7.05 Å². The second-order valence-electron chi connectivity index (χ2n) is 6.71. The van der Waals surface area contributed by atoms with Gasteiger partial charge in [-0.05, 0) is 30.5 Å². The van der Waals surface area contributed by atoms with Crippen molar-refractivity contribution in [1.29, 1.82) is 0 Å². The van der Waals surface area contributed by atoms with E-state index in [1.807, 2.05) is 0 Å². The number of hydrogen-bond donors (Lipinski definition) is 2. The molecular weight excluding hydrogens is 367 g/mol. The van der Waals surface area contributed by atoms with Crippen LogP contribution in [0.25, 0.3) is 0 Å². The van der Waals surface area contributed by atoms with E-state index in [0.717, 1.165) is 11.0 Å². The predicted octanol–water partition coefficient (Wildman–Crippen LogP) is 1.24. The first-order chi connectivity index (χ1) is 13.3.